The minimum atomic E-state index is -1.00. The number of thioether (sulfide) groups is 2. The van der Waals surface area contributed by atoms with Gasteiger partial charge < -0.3 is 10.4 Å². The van der Waals surface area contributed by atoms with E-state index in [1.54, 1.807) is 6.92 Å². The molecule has 2 rings (SSSR count). The highest BCUT2D eigenvalue weighted by atomic mass is 32.2. The fourth-order valence-electron chi connectivity index (χ4n) is 2.20. The smallest absolute Gasteiger partial charge is 0.327 e. The molecule has 0 spiro atoms. The Hall–Kier alpha value is -1.92. The van der Waals surface area contributed by atoms with Crippen LogP contribution in [0.3, 0.4) is 0 Å². The zero-order valence-electron chi connectivity index (χ0n) is 14.6. The average Bonchev–Trinajstić information content (AvgIpc) is 2.66. The van der Waals surface area contributed by atoms with Crippen molar-refractivity contribution < 1.29 is 14.7 Å². The molecule has 2 aromatic carbocycles. The first-order valence-electron chi connectivity index (χ1n) is 8.36. The molecule has 0 heterocycles. The van der Waals surface area contributed by atoms with Gasteiger partial charge in [0, 0.05) is 17.3 Å². The van der Waals surface area contributed by atoms with Gasteiger partial charge in [-0.25, -0.2) is 4.79 Å². The third-order valence-electron chi connectivity index (χ3n) is 3.72. The number of hydrogen-bond donors (Lipinski definition) is 2. The van der Waals surface area contributed by atoms with E-state index < -0.39 is 12.0 Å². The largest absolute Gasteiger partial charge is 0.480 e. The van der Waals surface area contributed by atoms with Crippen molar-refractivity contribution in [1.82, 2.24) is 5.32 Å². The molecule has 26 heavy (non-hydrogen) atoms. The van der Waals surface area contributed by atoms with Crippen molar-refractivity contribution in [2.24, 2.45) is 0 Å². The number of hydrogen-bond acceptors (Lipinski definition) is 4. The van der Waals surface area contributed by atoms with Crippen molar-refractivity contribution in [1.29, 1.82) is 0 Å². The molecule has 0 saturated heterocycles. The Balaban J connectivity index is 1.78. The van der Waals surface area contributed by atoms with E-state index >= 15 is 0 Å². The second-order valence-corrected chi connectivity index (χ2v) is 8.20. The summed E-state index contributed by atoms with van der Waals surface area (Å²) in [4.78, 5) is 23.8. The first-order valence-corrected chi connectivity index (χ1v) is 10.6. The molecular formula is C20H23NO3S2. The molecule has 0 bridgehead atoms. The molecule has 138 valence electrons. The van der Waals surface area contributed by atoms with Gasteiger partial charge in [0.05, 0.1) is 5.25 Å². The van der Waals surface area contributed by atoms with Crippen LogP contribution in [0.1, 0.15) is 18.1 Å². The summed E-state index contributed by atoms with van der Waals surface area (Å²) in [5.41, 5.74) is 2.28. The Morgan fingerprint density at radius 1 is 0.962 bits per heavy atom. The Morgan fingerprint density at radius 3 is 2.04 bits per heavy atom. The lowest BCUT2D eigenvalue weighted by atomic mass is 10.2. The van der Waals surface area contributed by atoms with Crippen LogP contribution in [0.5, 0.6) is 0 Å². The van der Waals surface area contributed by atoms with E-state index in [0.29, 0.717) is 5.75 Å². The van der Waals surface area contributed by atoms with Crippen LogP contribution in [-0.4, -0.2) is 34.0 Å². The van der Waals surface area contributed by atoms with Crippen LogP contribution in [-0.2, 0) is 21.1 Å². The van der Waals surface area contributed by atoms with Crippen molar-refractivity contribution in [3.05, 3.63) is 71.8 Å². The van der Waals surface area contributed by atoms with Crippen LogP contribution in [0.25, 0.3) is 0 Å². The maximum Gasteiger partial charge on any atom is 0.327 e. The monoisotopic (exact) mass is 389 g/mol. The van der Waals surface area contributed by atoms with Crippen LogP contribution in [0.2, 0.25) is 0 Å². The summed E-state index contributed by atoms with van der Waals surface area (Å²) in [5, 5.41) is 11.7. The third-order valence-corrected chi connectivity index (χ3v) is 6.04. The van der Waals surface area contributed by atoms with Gasteiger partial charge in [0.25, 0.3) is 0 Å². The van der Waals surface area contributed by atoms with Gasteiger partial charge in [0.1, 0.15) is 6.04 Å². The molecule has 2 N–H and O–H groups in total. The lowest BCUT2D eigenvalue weighted by molar-refractivity contribution is -0.141. The molecule has 1 amide bonds. The minimum absolute atomic E-state index is 0.237. The van der Waals surface area contributed by atoms with E-state index in [-0.39, 0.29) is 11.2 Å². The van der Waals surface area contributed by atoms with Crippen LogP contribution in [0.4, 0.5) is 0 Å². The number of amides is 1. The van der Waals surface area contributed by atoms with E-state index in [1.165, 1.54) is 23.5 Å². The fourth-order valence-corrected chi connectivity index (χ4v) is 4.07. The summed E-state index contributed by atoms with van der Waals surface area (Å²) in [6, 6.07) is 18.9. The molecule has 2 atom stereocenters. The lowest BCUT2D eigenvalue weighted by Gasteiger charge is -2.17. The van der Waals surface area contributed by atoms with Gasteiger partial charge in [-0.1, -0.05) is 60.7 Å². The van der Waals surface area contributed by atoms with Crippen molar-refractivity contribution in [2.75, 3.05) is 5.75 Å². The van der Waals surface area contributed by atoms with Crippen LogP contribution < -0.4 is 5.32 Å². The fraction of sp³-hybridized carbons (Fsp3) is 0.300. The zero-order chi connectivity index (χ0) is 18.8. The minimum Gasteiger partial charge on any atom is -0.480 e. The molecule has 2 aromatic rings. The predicted molar refractivity (Wildman–Crippen MR) is 109 cm³/mol. The molecule has 0 radical (unpaired) electrons. The topological polar surface area (TPSA) is 66.4 Å². The van der Waals surface area contributed by atoms with Gasteiger partial charge in [-0.2, -0.15) is 11.8 Å². The highest BCUT2D eigenvalue weighted by molar-refractivity contribution is 7.99. The van der Waals surface area contributed by atoms with E-state index in [4.69, 9.17) is 0 Å². The molecule has 6 heteroatoms. The van der Waals surface area contributed by atoms with Crippen molar-refractivity contribution in [3.8, 4) is 0 Å². The molecule has 1 unspecified atom stereocenters. The Kier molecular flexibility index (Phi) is 8.58. The molecule has 0 aromatic heterocycles. The van der Waals surface area contributed by atoms with E-state index in [1.807, 2.05) is 60.7 Å². The SMILES string of the molecule is CC(SCc1ccccc1)C(=O)N[C@@H](CSCc1ccccc1)C(=O)O. The van der Waals surface area contributed by atoms with Gasteiger partial charge in [-0.05, 0) is 18.1 Å². The van der Waals surface area contributed by atoms with Gasteiger partial charge in [0.2, 0.25) is 5.91 Å². The molecular weight excluding hydrogens is 366 g/mol. The lowest BCUT2D eigenvalue weighted by Crippen LogP contribution is -2.45. The van der Waals surface area contributed by atoms with Crippen molar-refractivity contribution in [2.45, 2.75) is 29.7 Å². The second-order valence-electron chi connectivity index (χ2n) is 5.84. The standard InChI is InChI=1S/C20H23NO3S2/c1-15(26-13-17-10-6-3-7-11-17)19(22)21-18(20(23)24)14-25-12-16-8-4-2-5-9-16/h2-11,15,18H,12-14H2,1H3,(H,21,22)(H,23,24)/t15?,18-/m0/s1. The molecule has 0 aliphatic carbocycles. The van der Waals surface area contributed by atoms with Crippen LogP contribution >= 0.6 is 23.5 Å². The van der Waals surface area contributed by atoms with Gasteiger partial charge in [-0.3, -0.25) is 4.79 Å². The highest BCUT2D eigenvalue weighted by Crippen LogP contribution is 2.18. The summed E-state index contributed by atoms with van der Waals surface area (Å²) in [7, 11) is 0. The Labute approximate surface area is 162 Å². The molecule has 0 aliphatic heterocycles. The summed E-state index contributed by atoms with van der Waals surface area (Å²) in [6.07, 6.45) is 0. The quantitative estimate of drug-likeness (QED) is 0.647. The molecule has 0 aliphatic rings. The third kappa shape index (κ3) is 7.14. The normalized spacial score (nSPS) is 13.0. The van der Waals surface area contributed by atoms with Crippen molar-refractivity contribution >= 4 is 35.4 Å². The first kappa shape index (κ1) is 20.4. The van der Waals surface area contributed by atoms with E-state index in [9.17, 15) is 14.7 Å². The number of carboxylic acid groups (broad SMARTS) is 1. The average molecular weight is 390 g/mol. The van der Waals surface area contributed by atoms with Gasteiger partial charge in [0.15, 0.2) is 0 Å². The number of nitrogens with one attached hydrogen (secondary N) is 1. The van der Waals surface area contributed by atoms with Gasteiger partial charge in [-0.15, -0.1) is 11.8 Å². The number of benzene rings is 2. The van der Waals surface area contributed by atoms with Crippen LogP contribution in [0, 0.1) is 0 Å². The highest BCUT2D eigenvalue weighted by Gasteiger charge is 2.23. The Morgan fingerprint density at radius 2 is 1.50 bits per heavy atom. The summed E-state index contributed by atoms with van der Waals surface area (Å²) < 4.78 is 0. The van der Waals surface area contributed by atoms with E-state index in [2.05, 4.69) is 5.32 Å². The maximum absolute atomic E-state index is 12.3. The summed E-state index contributed by atoms with van der Waals surface area (Å²) >= 11 is 3.00. The summed E-state index contributed by atoms with van der Waals surface area (Å²) in [6.45, 7) is 1.80. The number of carboxylic acids is 1. The van der Waals surface area contributed by atoms with E-state index in [0.717, 1.165) is 22.6 Å². The number of carbonyl (C=O) groups is 2. The van der Waals surface area contributed by atoms with Gasteiger partial charge >= 0.3 is 5.97 Å². The molecule has 0 saturated carbocycles. The summed E-state index contributed by atoms with van der Waals surface area (Å²) in [5.74, 6) is 0.540. The van der Waals surface area contributed by atoms with Crippen molar-refractivity contribution in [3.63, 3.8) is 0 Å². The number of aliphatic carboxylic acids is 1. The number of rotatable bonds is 10. The first-order chi connectivity index (χ1) is 12.6. The molecule has 4 nitrogen and oxygen atoms in total. The maximum atomic E-state index is 12.3. The number of carbonyl (C=O) groups excluding carboxylic acids is 1. The zero-order valence-corrected chi connectivity index (χ0v) is 16.3. The van der Waals surface area contributed by atoms with Crippen LogP contribution in [0.15, 0.2) is 60.7 Å². The predicted octanol–water partition coefficient (Wildman–Crippen LogP) is 3.81. The Bertz CT molecular complexity index is 695. The second kappa shape index (κ2) is 10.9. The molecule has 0 fully saturated rings.